The second-order valence-electron chi connectivity index (χ2n) is 5.23. The molecule has 0 amide bonds. The number of aryl methyl sites for hydroxylation is 2. The number of carboxylic acid groups (broad SMARTS) is 1. The lowest BCUT2D eigenvalue weighted by Gasteiger charge is -2.20. The topological polar surface area (TPSA) is 57.5 Å². The van der Waals surface area contributed by atoms with E-state index < -0.39 is 11.4 Å². The number of benzene rings is 1. The zero-order valence-corrected chi connectivity index (χ0v) is 9.70. The Bertz CT molecular complexity index is 486. The SMILES string of the molecule is O=C(O)C1(c2cc3c(cc2O)CCCC3)CC1. The molecule has 1 fully saturated rings. The molecule has 1 aromatic carbocycles. The molecule has 2 N–H and O–H groups in total. The number of carboxylic acids is 1. The van der Waals surface area contributed by atoms with E-state index in [0.29, 0.717) is 18.4 Å². The average molecular weight is 232 g/mol. The van der Waals surface area contributed by atoms with Crippen LogP contribution in [0.5, 0.6) is 5.75 Å². The van der Waals surface area contributed by atoms with Crippen molar-refractivity contribution in [3.63, 3.8) is 0 Å². The summed E-state index contributed by atoms with van der Waals surface area (Å²) >= 11 is 0. The fourth-order valence-electron chi connectivity index (χ4n) is 2.88. The zero-order valence-electron chi connectivity index (χ0n) is 9.70. The molecule has 0 heterocycles. The summed E-state index contributed by atoms with van der Waals surface area (Å²) in [4.78, 5) is 11.3. The van der Waals surface area contributed by atoms with Gasteiger partial charge in [0.15, 0.2) is 0 Å². The van der Waals surface area contributed by atoms with Crippen LogP contribution in [0, 0.1) is 0 Å². The molecule has 0 aliphatic heterocycles. The monoisotopic (exact) mass is 232 g/mol. The Balaban J connectivity index is 2.09. The van der Waals surface area contributed by atoms with Crippen LogP contribution >= 0.6 is 0 Å². The van der Waals surface area contributed by atoms with Crippen molar-refractivity contribution in [2.75, 3.05) is 0 Å². The molecule has 0 radical (unpaired) electrons. The lowest BCUT2D eigenvalue weighted by molar-refractivity contribution is -0.140. The molecule has 0 unspecified atom stereocenters. The fraction of sp³-hybridized carbons (Fsp3) is 0.500. The highest BCUT2D eigenvalue weighted by Crippen LogP contribution is 2.52. The Morgan fingerprint density at radius 1 is 1.12 bits per heavy atom. The van der Waals surface area contributed by atoms with Crippen LogP contribution in [0.15, 0.2) is 12.1 Å². The smallest absolute Gasteiger partial charge is 0.314 e. The highest BCUT2D eigenvalue weighted by atomic mass is 16.4. The molecule has 0 aromatic heterocycles. The lowest BCUT2D eigenvalue weighted by Crippen LogP contribution is -2.20. The number of hydrogen-bond donors (Lipinski definition) is 2. The van der Waals surface area contributed by atoms with Gasteiger partial charge in [-0.25, -0.2) is 0 Å². The summed E-state index contributed by atoms with van der Waals surface area (Å²) < 4.78 is 0. The molecule has 0 spiro atoms. The van der Waals surface area contributed by atoms with Gasteiger partial charge in [-0.05, 0) is 55.7 Å². The van der Waals surface area contributed by atoms with Crippen LogP contribution in [0.4, 0.5) is 0 Å². The summed E-state index contributed by atoms with van der Waals surface area (Å²) in [6.07, 6.45) is 5.64. The van der Waals surface area contributed by atoms with Crippen molar-refractivity contribution in [3.05, 3.63) is 28.8 Å². The number of fused-ring (bicyclic) bond motifs is 1. The predicted molar refractivity (Wildman–Crippen MR) is 63.3 cm³/mol. The molecule has 2 aliphatic rings. The van der Waals surface area contributed by atoms with Crippen LogP contribution in [-0.4, -0.2) is 16.2 Å². The summed E-state index contributed by atoms with van der Waals surface area (Å²) in [6.45, 7) is 0. The van der Waals surface area contributed by atoms with Crippen molar-refractivity contribution in [2.24, 2.45) is 0 Å². The highest BCUT2D eigenvalue weighted by molar-refractivity contribution is 5.86. The highest BCUT2D eigenvalue weighted by Gasteiger charge is 2.53. The van der Waals surface area contributed by atoms with E-state index in [4.69, 9.17) is 0 Å². The van der Waals surface area contributed by atoms with Crippen LogP contribution in [0.1, 0.15) is 42.4 Å². The largest absolute Gasteiger partial charge is 0.508 e. The zero-order chi connectivity index (χ0) is 12.0. The van der Waals surface area contributed by atoms with Gasteiger partial charge in [-0.2, -0.15) is 0 Å². The van der Waals surface area contributed by atoms with Crippen LogP contribution in [0.2, 0.25) is 0 Å². The van der Waals surface area contributed by atoms with Crippen molar-refractivity contribution in [1.82, 2.24) is 0 Å². The average Bonchev–Trinajstić information content (AvgIpc) is 3.09. The van der Waals surface area contributed by atoms with Crippen molar-refractivity contribution >= 4 is 5.97 Å². The first-order chi connectivity index (χ1) is 8.13. The van der Waals surface area contributed by atoms with E-state index in [9.17, 15) is 15.0 Å². The molecule has 90 valence electrons. The first-order valence-corrected chi connectivity index (χ1v) is 6.22. The molecule has 17 heavy (non-hydrogen) atoms. The molecular weight excluding hydrogens is 216 g/mol. The molecule has 1 saturated carbocycles. The fourth-order valence-corrected chi connectivity index (χ4v) is 2.88. The molecule has 0 bridgehead atoms. The Morgan fingerprint density at radius 2 is 1.71 bits per heavy atom. The third kappa shape index (κ3) is 1.53. The first-order valence-electron chi connectivity index (χ1n) is 6.22. The van der Waals surface area contributed by atoms with Gasteiger partial charge in [0.05, 0.1) is 5.41 Å². The lowest BCUT2D eigenvalue weighted by atomic mass is 9.85. The minimum atomic E-state index is -0.802. The van der Waals surface area contributed by atoms with Gasteiger partial charge in [0.2, 0.25) is 0 Å². The summed E-state index contributed by atoms with van der Waals surface area (Å²) in [7, 11) is 0. The molecule has 3 heteroatoms. The van der Waals surface area contributed by atoms with Crippen LogP contribution in [0.25, 0.3) is 0 Å². The van der Waals surface area contributed by atoms with Crippen molar-refractivity contribution in [3.8, 4) is 5.75 Å². The third-order valence-corrected chi connectivity index (χ3v) is 4.14. The maximum atomic E-state index is 11.3. The Morgan fingerprint density at radius 3 is 2.24 bits per heavy atom. The van der Waals surface area contributed by atoms with Gasteiger partial charge in [0.1, 0.15) is 5.75 Å². The summed E-state index contributed by atoms with van der Waals surface area (Å²) in [6, 6.07) is 3.72. The van der Waals surface area contributed by atoms with Gasteiger partial charge < -0.3 is 10.2 Å². The number of aromatic hydroxyl groups is 1. The summed E-state index contributed by atoms with van der Waals surface area (Å²) in [5.74, 6) is -0.630. The number of phenolic OH excluding ortho intramolecular Hbond substituents is 1. The maximum absolute atomic E-state index is 11.3. The van der Waals surface area contributed by atoms with E-state index in [1.165, 1.54) is 11.1 Å². The Kier molecular flexibility index (Phi) is 2.18. The van der Waals surface area contributed by atoms with Gasteiger partial charge in [0, 0.05) is 5.56 Å². The standard InChI is InChI=1S/C14H16O3/c15-12-8-10-4-2-1-3-9(10)7-11(12)14(5-6-14)13(16)17/h7-8,15H,1-6H2,(H,16,17). The summed E-state index contributed by atoms with van der Waals surface area (Å²) in [5.41, 5.74) is 2.26. The predicted octanol–water partition coefficient (Wildman–Crippen LogP) is 2.39. The minimum Gasteiger partial charge on any atom is -0.508 e. The van der Waals surface area contributed by atoms with E-state index in [-0.39, 0.29) is 5.75 Å². The molecule has 3 rings (SSSR count). The minimum absolute atomic E-state index is 0.172. The van der Waals surface area contributed by atoms with E-state index in [1.807, 2.05) is 6.07 Å². The van der Waals surface area contributed by atoms with Gasteiger partial charge in [-0.15, -0.1) is 0 Å². The van der Waals surface area contributed by atoms with Gasteiger partial charge in [0.25, 0.3) is 0 Å². The Hall–Kier alpha value is -1.51. The van der Waals surface area contributed by atoms with Crippen molar-refractivity contribution in [1.29, 1.82) is 0 Å². The quantitative estimate of drug-likeness (QED) is 0.823. The van der Waals surface area contributed by atoms with Crippen LogP contribution in [0.3, 0.4) is 0 Å². The van der Waals surface area contributed by atoms with Gasteiger partial charge in [-0.3, -0.25) is 4.79 Å². The first kappa shape index (κ1) is 10.6. The van der Waals surface area contributed by atoms with Crippen LogP contribution in [-0.2, 0) is 23.1 Å². The van der Waals surface area contributed by atoms with Crippen molar-refractivity contribution < 1.29 is 15.0 Å². The van der Waals surface area contributed by atoms with E-state index in [2.05, 4.69) is 0 Å². The van der Waals surface area contributed by atoms with E-state index in [0.717, 1.165) is 25.7 Å². The van der Waals surface area contributed by atoms with Gasteiger partial charge in [-0.1, -0.05) is 6.07 Å². The number of carbonyl (C=O) groups is 1. The van der Waals surface area contributed by atoms with Crippen molar-refractivity contribution in [2.45, 2.75) is 43.9 Å². The number of hydrogen-bond acceptors (Lipinski definition) is 2. The normalized spacial score (nSPS) is 20.7. The van der Waals surface area contributed by atoms with E-state index in [1.54, 1.807) is 6.07 Å². The molecule has 1 aromatic rings. The molecule has 3 nitrogen and oxygen atoms in total. The second-order valence-corrected chi connectivity index (χ2v) is 5.23. The maximum Gasteiger partial charge on any atom is 0.314 e. The molecule has 2 aliphatic carbocycles. The summed E-state index contributed by atoms with van der Waals surface area (Å²) in [5, 5.41) is 19.3. The van der Waals surface area contributed by atoms with E-state index >= 15 is 0 Å². The molecule has 0 saturated heterocycles. The number of phenols is 1. The van der Waals surface area contributed by atoms with Crippen LogP contribution < -0.4 is 0 Å². The number of rotatable bonds is 2. The number of aliphatic carboxylic acids is 1. The third-order valence-electron chi connectivity index (χ3n) is 4.14. The molecular formula is C14H16O3. The second kappa shape index (κ2) is 3.49. The Labute approximate surface area is 100 Å². The van der Waals surface area contributed by atoms with Gasteiger partial charge >= 0.3 is 5.97 Å². The molecule has 0 atom stereocenters.